The van der Waals surface area contributed by atoms with Crippen molar-refractivity contribution in [3.63, 3.8) is 0 Å². The maximum Gasteiger partial charge on any atom is 0.355 e. The number of carboxylic acids is 1. The summed E-state index contributed by atoms with van der Waals surface area (Å²) >= 11 is 7.76. The summed E-state index contributed by atoms with van der Waals surface area (Å²) in [7, 11) is 2.21. The van der Waals surface area contributed by atoms with E-state index in [1.807, 2.05) is 75.5 Å². The van der Waals surface area contributed by atoms with Gasteiger partial charge in [0, 0.05) is 71.2 Å². The minimum absolute atomic E-state index is 0.00332. The number of fused-ring (bicyclic) bond motifs is 1. The number of aliphatic hydroxyl groups is 1. The number of thioether (sulfide) groups is 1. The number of ether oxygens (including phenoxy) is 1. The van der Waals surface area contributed by atoms with Crippen molar-refractivity contribution in [3.8, 4) is 11.1 Å². The van der Waals surface area contributed by atoms with Gasteiger partial charge in [-0.3, -0.25) is 34.9 Å². The molecule has 1 aromatic carbocycles. The summed E-state index contributed by atoms with van der Waals surface area (Å²) in [5.74, 6) is 0.307. The number of β-amino-alcohol motifs (C(OH)–C–C–N with tert-alkyl or cyclic N) is 1. The van der Waals surface area contributed by atoms with Gasteiger partial charge in [0.05, 0.1) is 40.4 Å². The fraction of sp³-hybridized carbons (Fsp3) is 0.605. The van der Waals surface area contributed by atoms with Crippen molar-refractivity contribution in [2.75, 3.05) is 62.3 Å². The number of carboxylic acid groups (broad SMARTS) is 1. The van der Waals surface area contributed by atoms with Crippen molar-refractivity contribution in [1.29, 1.82) is 0 Å². The Labute approximate surface area is 602 Å². The van der Waals surface area contributed by atoms with E-state index in [2.05, 4.69) is 106 Å². The molecule has 0 radical (unpaired) electrons. The molecule has 1 saturated heterocycles. The highest BCUT2D eigenvalue weighted by atomic mass is 32.2. The number of likely N-dealkylation sites (tertiary alicyclic amines) is 1. The number of nitrogens with zero attached hydrogens (tertiary/aromatic N) is 8. The molecule has 100 heavy (non-hydrogen) atoms. The van der Waals surface area contributed by atoms with Gasteiger partial charge in [-0.25, -0.2) is 19.2 Å². The predicted octanol–water partition coefficient (Wildman–Crippen LogP) is 13.0. The van der Waals surface area contributed by atoms with Crippen LogP contribution in [0.25, 0.3) is 21.3 Å². The number of rotatable bonds is 32. The number of hydrogen-bond acceptors (Lipinski definition) is 18. The number of likely N-dealkylation sites (N-methyl/N-ethyl adjacent to an activating group) is 1. The molecule has 3 amide bonds. The van der Waals surface area contributed by atoms with Crippen molar-refractivity contribution >= 4 is 87.3 Å². The molecule has 6 aliphatic carbocycles. The molecule has 6 heterocycles. The van der Waals surface area contributed by atoms with Crippen LogP contribution in [0, 0.1) is 29.1 Å². The van der Waals surface area contributed by atoms with Gasteiger partial charge in [-0.05, 0) is 202 Å². The van der Waals surface area contributed by atoms with E-state index in [0.717, 1.165) is 168 Å². The molecule has 3 aliphatic heterocycles. The smallest absolute Gasteiger partial charge is 0.355 e. The van der Waals surface area contributed by atoms with Crippen LogP contribution >= 0.6 is 35.7 Å². The van der Waals surface area contributed by atoms with Crippen LogP contribution in [0.2, 0.25) is 0 Å². The lowest BCUT2D eigenvalue weighted by Gasteiger charge is -2.69. The second-order valence-corrected chi connectivity index (χ2v) is 34.8. The second kappa shape index (κ2) is 30.0. The number of unbranched alkanes of at least 4 members (excludes halogenated alkanes) is 7. The lowest BCUT2D eigenvalue weighted by molar-refractivity contribution is -0.248. The SMILES string of the molecule is C=N/C(C)=C(\S)C1=CCC(CNC(=O)[C@@H]2C[C@@H](O)CN2C(=O)[C@@H](NC(=O)C2(F)CC2)C(C)(C)SCCCCCCCCCCN(C)CCOC23CC4(C)CC(C)(CC(Cn5ncc(-c6ccc(N7CCCC8=C7NNC(Nc7nc9ccccc9s7)=C8C)nc6C(=O)O)c5C)(C4)C2)C3)C=C1. The van der Waals surface area contributed by atoms with Crippen molar-refractivity contribution in [3.05, 3.63) is 111 Å². The Morgan fingerprint density at radius 1 is 0.960 bits per heavy atom. The summed E-state index contributed by atoms with van der Waals surface area (Å²) in [5.41, 5.74) is 12.0. The van der Waals surface area contributed by atoms with Gasteiger partial charge in [-0.2, -0.15) is 16.9 Å². The van der Waals surface area contributed by atoms with Crippen molar-refractivity contribution in [1.82, 2.24) is 51.0 Å². The van der Waals surface area contributed by atoms with Crippen molar-refractivity contribution in [2.24, 2.45) is 27.2 Å². The number of aliphatic hydroxyl groups excluding tert-OH is 1. The van der Waals surface area contributed by atoms with Gasteiger partial charge < -0.3 is 45.6 Å². The number of halogens is 1. The van der Waals surface area contributed by atoms with Crippen LogP contribution in [-0.4, -0.2) is 157 Å². The minimum Gasteiger partial charge on any atom is -0.476 e. The monoisotopic (exact) mass is 1430 g/mol. The zero-order valence-electron chi connectivity index (χ0n) is 59.7. The molecule has 7 N–H and O–H groups in total. The second-order valence-electron chi connectivity index (χ2n) is 31.5. The molecule has 6 fully saturated rings. The lowest BCUT2D eigenvalue weighted by Crippen LogP contribution is -2.64. The average Bonchev–Trinajstić information content (AvgIpc) is 0.807. The fourth-order valence-corrected chi connectivity index (χ4v) is 20.4. The molecule has 3 aromatic heterocycles. The number of hydrazine groups is 1. The Balaban J connectivity index is 0.573. The molecule has 540 valence electrons. The molecule has 24 heteroatoms. The Kier molecular flexibility index (Phi) is 22.0. The first-order valence-electron chi connectivity index (χ1n) is 36.3. The average molecular weight is 1430 g/mol. The molecule has 13 rings (SSSR count). The zero-order chi connectivity index (χ0) is 70.9. The van der Waals surface area contributed by atoms with Gasteiger partial charge in [0.1, 0.15) is 29.5 Å². The first-order chi connectivity index (χ1) is 47.7. The third-order valence-corrected chi connectivity index (χ3v) is 25.5. The summed E-state index contributed by atoms with van der Waals surface area (Å²) in [6.45, 7) is 22.7. The zero-order valence-corrected chi connectivity index (χ0v) is 62.3. The van der Waals surface area contributed by atoms with E-state index in [9.17, 15) is 29.4 Å². The van der Waals surface area contributed by atoms with Crippen LogP contribution in [0.1, 0.15) is 186 Å². The standard InChI is InChI=1S/C76H104FN13O7S3/c1-48-54-21-20-33-88(65(54)86-85-64(48)84-70-81-57-22-16-17-23-59(57)100-70)60-29-28-55(61(82-60)68(94)95)56-39-80-90(50(56)3)47-74-42-72(6)41-73(7,43-74)45-75(44-72,46-74)97-35-34-87(9)32-18-14-12-10-11-13-15-19-36-99-71(4,5)63(83-69(96)76(77)30-31-76)67(93)89-40-53(91)37-58(89)66(92)79-38-51-24-26-52(27-25-51)62(98)49(2)78-8/h16-17,22-24,26-29,39,51,53,58,63,85-86,91,98H,8,10-15,18-21,25,30-38,40-47H2,1-7,9H3,(H,79,92)(H,81,84)(H,83,96)(H,94,95)/b62-49-/t51?,53-,58+,63-,72?,73?,74?,75?/m1/s1. The third-order valence-electron chi connectivity index (χ3n) is 22.5. The largest absolute Gasteiger partial charge is 0.476 e. The molecule has 4 bridgehead atoms. The van der Waals surface area contributed by atoms with E-state index in [4.69, 9.17) is 19.8 Å². The van der Waals surface area contributed by atoms with E-state index < -0.39 is 46.4 Å². The summed E-state index contributed by atoms with van der Waals surface area (Å²) in [6.07, 6.45) is 25.1. The predicted molar refractivity (Wildman–Crippen MR) is 400 cm³/mol. The van der Waals surface area contributed by atoms with Crippen LogP contribution < -0.4 is 31.7 Å². The third kappa shape index (κ3) is 16.3. The highest BCUT2D eigenvalue weighted by molar-refractivity contribution is 8.00. The van der Waals surface area contributed by atoms with Crippen LogP contribution in [0.15, 0.2) is 105 Å². The Bertz CT molecular complexity index is 3880. The summed E-state index contributed by atoms with van der Waals surface area (Å²) in [6, 6.07) is 9.91. The number of alkyl halides is 1. The van der Waals surface area contributed by atoms with Gasteiger partial charge in [-0.1, -0.05) is 94.1 Å². The first-order valence-corrected chi connectivity index (χ1v) is 38.6. The maximum absolute atomic E-state index is 15.2. The normalized spacial score (nSPS) is 26.5. The van der Waals surface area contributed by atoms with Crippen LogP contribution in [-0.2, 0) is 25.7 Å². The van der Waals surface area contributed by atoms with E-state index in [-0.39, 0.29) is 65.2 Å². The number of anilines is 2. The van der Waals surface area contributed by atoms with Crippen LogP contribution in [0.5, 0.6) is 0 Å². The number of benzene rings is 1. The summed E-state index contributed by atoms with van der Waals surface area (Å²) < 4.78 is 24.8. The van der Waals surface area contributed by atoms with E-state index in [1.165, 1.54) is 30.6 Å². The molecule has 6 atom stereocenters. The van der Waals surface area contributed by atoms with E-state index >= 15 is 4.39 Å². The van der Waals surface area contributed by atoms with Crippen LogP contribution in [0.3, 0.4) is 0 Å². The molecule has 3 unspecified atom stereocenters. The minimum atomic E-state index is -1.99. The number of thiol groups is 1. The molecular weight excluding hydrogens is 1320 g/mol. The highest BCUT2D eigenvalue weighted by Crippen LogP contribution is 2.72. The number of carbonyl (C=O) groups is 4. The highest BCUT2D eigenvalue weighted by Gasteiger charge is 2.66. The fourth-order valence-electron chi connectivity index (χ4n) is 18.1. The van der Waals surface area contributed by atoms with Gasteiger partial charge >= 0.3 is 5.97 Å². The Morgan fingerprint density at radius 3 is 2.39 bits per heavy atom. The lowest BCUT2D eigenvalue weighted by atomic mass is 9.39. The Morgan fingerprint density at radius 2 is 1.69 bits per heavy atom. The number of para-hydroxylation sites is 1. The number of aromatic nitrogens is 4. The first kappa shape index (κ1) is 73.2. The van der Waals surface area contributed by atoms with Crippen molar-refractivity contribution < 1.29 is 38.5 Å². The number of pyridine rings is 1. The molecule has 4 aromatic rings. The number of amides is 3. The number of nitrogens with one attached hydrogen (secondary N) is 5. The maximum atomic E-state index is 15.2. The number of aromatic carboxylic acids is 1. The number of aliphatic imine (C=N–C) groups is 1. The van der Waals surface area contributed by atoms with Crippen LogP contribution in [0.4, 0.5) is 15.3 Å². The molecule has 20 nitrogen and oxygen atoms in total. The summed E-state index contributed by atoms with van der Waals surface area (Å²) in [4.78, 5) is 75.0. The molecular formula is C76H104FN13O7S3. The topological polar surface area (TPSA) is 244 Å². The van der Waals surface area contributed by atoms with Crippen molar-refractivity contribution in [2.45, 2.75) is 218 Å². The van der Waals surface area contributed by atoms with E-state index in [1.54, 1.807) is 23.1 Å². The molecule has 5 saturated carbocycles. The van der Waals surface area contributed by atoms with Gasteiger partial charge in [-0.15, -0.1) is 12.6 Å². The van der Waals surface area contributed by atoms with Gasteiger partial charge in [0.25, 0.3) is 5.91 Å². The van der Waals surface area contributed by atoms with Gasteiger partial charge in [0.15, 0.2) is 16.5 Å². The van der Waals surface area contributed by atoms with E-state index in [0.29, 0.717) is 37.5 Å². The molecule has 9 aliphatic rings. The Hall–Kier alpha value is -6.57. The number of carbonyl (C=O) groups excluding carboxylic acids is 3. The number of allylic oxidation sites excluding steroid dienone is 6. The number of hydrogen-bond donors (Lipinski definition) is 8. The van der Waals surface area contributed by atoms with Gasteiger partial charge in [0.2, 0.25) is 11.8 Å². The quantitative estimate of drug-likeness (QED) is 0.0129. The molecule has 0 spiro atoms. The summed E-state index contributed by atoms with van der Waals surface area (Å²) in [5, 5.41) is 36.7. The number of thiazole rings is 1.